The maximum Gasteiger partial charge on any atom is 0.413 e. The van der Waals surface area contributed by atoms with Crippen LogP contribution < -0.4 is 14.7 Å². The number of benzene rings is 2. The van der Waals surface area contributed by atoms with Crippen LogP contribution in [0.3, 0.4) is 0 Å². The summed E-state index contributed by atoms with van der Waals surface area (Å²) < 4.78 is 35.8. The largest absolute Gasteiger partial charge is 0.493 e. The van der Waals surface area contributed by atoms with E-state index in [9.17, 15) is 23.3 Å². The molecule has 0 unspecified atom stereocenters. The lowest BCUT2D eigenvalue weighted by atomic mass is 10.1. The van der Waals surface area contributed by atoms with Crippen LogP contribution >= 0.6 is 12.2 Å². The topological polar surface area (TPSA) is 162 Å². The molecule has 1 amide bonds. The second kappa shape index (κ2) is 10.2. The number of ether oxygens (including phenoxy) is 1. The van der Waals surface area contributed by atoms with Crippen molar-refractivity contribution in [1.82, 2.24) is 4.90 Å². The van der Waals surface area contributed by atoms with E-state index in [0.717, 1.165) is 18.2 Å². The summed E-state index contributed by atoms with van der Waals surface area (Å²) in [6.07, 6.45) is -1.51. The first kappa shape index (κ1) is 24.8. The summed E-state index contributed by atoms with van der Waals surface area (Å²) in [5.41, 5.74) is 4.59. The Labute approximate surface area is 189 Å². The van der Waals surface area contributed by atoms with Gasteiger partial charge < -0.3 is 19.8 Å². The van der Waals surface area contributed by atoms with Crippen molar-refractivity contribution in [2.45, 2.75) is 25.3 Å². The van der Waals surface area contributed by atoms with Crippen LogP contribution in [0.1, 0.15) is 19.4 Å². The van der Waals surface area contributed by atoms with E-state index in [2.05, 4.69) is 12.2 Å². The van der Waals surface area contributed by atoms with Crippen LogP contribution in [-0.2, 0) is 16.7 Å². The smallest absolute Gasteiger partial charge is 0.413 e. The van der Waals surface area contributed by atoms with E-state index in [1.54, 1.807) is 0 Å². The molecule has 172 valence electrons. The molecule has 0 saturated heterocycles. The Morgan fingerprint density at radius 2 is 1.81 bits per heavy atom. The summed E-state index contributed by atoms with van der Waals surface area (Å²) in [5.74, 6) is 0.830. The molecule has 0 radical (unpaired) electrons. The van der Waals surface area contributed by atoms with Crippen LogP contribution in [0.5, 0.6) is 11.5 Å². The molecule has 0 aliphatic heterocycles. The number of carboxylic acid groups (broad SMARTS) is 1. The van der Waals surface area contributed by atoms with Crippen LogP contribution in [0.15, 0.2) is 47.4 Å². The lowest BCUT2D eigenvalue weighted by molar-refractivity contribution is -0.385. The molecule has 0 aliphatic rings. The van der Waals surface area contributed by atoms with E-state index >= 15 is 0 Å². The van der Waals surface area contributed by atoms with Gasteiger partial charge in [0.1, 0.15) is 16.4 Å². The molecule has 0 heterocycles. The highest BCUT2D eigenvalue weighted by Crippen LogP contribution is 2.27. The molecule has 32 heavy (non-hydrogen) atoms. The van der Waals surface area contributed by atoms with Gasteiger partial charge >= 0.3 is 16.2 Å². The molecule has 0 atom stereocenters. The van der Waals surface area contributed by atoms with Gasteiger partial charge in [0.2, 0.25) is 0 Å². The molecule has 0 bridgehead atoms. The number of nitro groups is 1. The lowest BCUT2D eigenvalue weighted by Crippen LogP contribution is -2.39. The second-order valence-electron chi connectivity index (χ2n) is 6.97. The average Bonchev–Trinajstić information content (AvgIpc) is 2.70. The zero-order chi connectivity index (χ0) is 24.1. The molecule has 0 saturated carbocycles. The Morgan fingerprint density at radius 1 is 1.22 bits per heavy atom. The Morgan fingerprint density at radius 3 is 2.31 bits per heavy atom. The monoisotopic (exact) mass is 483 g/mol. The normalized spacial score (nSPS) is 11.1. The number of nitrogens with zero attached hydrogens (tertiary/aromatic N) is 2. The van der Waals surface area contributed by atoms with Crippen molar-refractivity contribution in [3.05, 3.63) is 58.1 Å². The summed E-state index contributed by atoms with van der Waals surface area (Å²) in [6, 6.07) is 8.81. The van der Waals surface area contributed by atoms with E-state index in [4.69, 9.17) is 19.8 Å². The number of nitrogens with two attached hydrogens (primary N) is 1. The summed E-state index contributed by atoms with van der Waals surface area (Å²) in [5, 5.41) is 20.1. The van der Waals surface area contributed by atoms with Gasteiger partial charge in [0.05, 0.1) is 18.1 Å². The number of rotatable bonds is 9. The molecule has 2 aromatic rings. The van der Waals surface area contributed by atoms with Crippen LogP contribution in [0, 0.1) is 16.0 Å². The molecular formula is C19H21N3O8S2. The van der Waals surface area contributed by atoms with Gasteiger partial charge in [0, 0.05) is 11.6 Å². The van der Waals surface area contributed by atoms with Gasteiger partial charge in [-0.15, -0.1) is 0 Å². The molecule has 0 aromatic heterocycles. The van der Waals surface area contributed by atoms with Crippen LogP contribution in [0.25, 0.3) is 0 Å². The van der Waals surface area contributed by atoms with Gasteiger partial charge in [0.15, 0.2) is 5.11 Å². The highest BCUT2D eigenvalue weighted by molar-refractivity contribution is 7.87. The van der Waals surface area contributed by atoms with Gasteiger partial charge in [-0.05, 0) is 54.5 Å². The summed E-state index contributed by atoms with van der Waals surface area (Å²) in [6.45, 7) is 3.93. The van der Waals surface area contributed by atoms with E-state index < -0.39 is 43.4 Å². The first-order valence-electron chi connectivity index (χ1n) is 9.15. The summed E-state index contributed by atoms with van der Waals surface area (Å²) in [4.78, 5) is 21.9. The van der Waals surface area contributed by atoms with Gasteiger partial charge in [-0.25, -0.2) is 9.69 Å². The minimum Gasteiger partial charge on any atom is -0.493 e. The van der Waals surface area contributed by atoms with Crippen LogP contribution in [0.4, 0.5) is 10.5 Å². The Hall–Kier alpha value is -3.45. The number of hydrogen-bond acceptors (Lipinski definition) is 8. The van der Waals surface area contributed by atoms with Crippen molar-refractivity contribution in [2.75, 3.05) is 6.61 Å². The zero-order valence-electron chi connectivity index (χ0n) is 17.1. The number of amides is 1. The molecule has 13 heteroatoms. The standard InChI is InChI=1S/C19H21N3O8S2/c1-12(2)11-29-14-4-6-15(7-5-14)30-32(27,28)16-8-3-13(17(9-16)22(25)26)10-21(18(20)31)19(23)24/h3-9,12H,10-11H2,1-2H3,(H2,20,31)(H,23,24). The van der Waals surface area contributed by atoms with Gasteiger partial charge in [-0.3, -0.25) is 10.1 Å². The van der Waals surface area contributed by atoms with E-state index in [1.807, 2.05) is 13.8 Å². The third kappa shape index (κ3) is 6.52. The van der Waals surface area contributed by atoms with Crippen molar-refractivity contribution in [3.8, 4) is 11.5 Å². The quantitative estimate of drug-likeness (QED) is 0.234. The maximum absolute atomic E-state index is 12.6. The highest BCUT2D eigenvalue weighted by Gasteiger charge is 2.26. The molecule has 2 aromatic carbocycles. The maximum atomic E-state index is 12.6. The minimum absolute atomic E-state index is 0.0147. The number of hydrogen-bond donors (Lipinski definition) is 2. The molecule has 11 nitrogen and oxygen atoms in total. The number of carbonyl (C=O) groups is 1. The van der Waals surface area contributed by atoms with Crippen molar-refractivity contribution in [1.29, 1.82) is 0 Å². The van der Waals surface area contributed by atoms with Gasteiger partial charge in [0.25, 0.3) is 5.69 Å². The molecule has 3 N–H and O–H groups in total. The third-order valence-electron chi connectivity index (χ3n) is 3.98. The fraction of sp³-hybridized carbons (Fsp3) is 0.263. The van der Waals surface area contributed by atoms with Crippen molar-refractivity contribution in [2.24, 2.45) is 11.7 Å². The SMILES string of the molecule is CC(C)COc1ccc(OS(=O)(=O)c2ccc(CN(C(=O)O)C(N)=S)c([N+](=O)[O-])c2)cc1. The molecule has 2 rings (SSSR count). The van der Waals surface area contributed by atoms with Gasteiger partial charge in [-0.2, -0.15) is 8.42 Å². The minimum atomic E-state index is -4.41. The fourth-order valence-electron chi connectivity index (χ4n) is 2.44. The molecule has 0 spiro atoms. The predicted octanol–water partition coefficient (Wildman–Crippen LogP) is 3.12. The summed E-state index contributed by atoms with van der Waals surface area (Å²) >= 11 is 4.63. The van der Waals surface area contributed by atoms with Crippen LogP contribution in [0.2, 0.25) is 0 Å². The van der Waals surface area contributed by atoms with Gasteiger partial charge in [-0.1, -0.05) is 13.8 Å². The number of nitro benzene ring substituents is 1. The molecule has 0 fully saturated rings. The number of thiocarbonyl (C=S) groups is 1. The van der Waals surface area contributed by atoms with Crippen molar-refractivity contribution >= 4 is 39.2 Å². The fourth-order valence-corrected chi connectivity index (χ4v) is 3.54. The average molecular weight is 484 g/mol. The second-order valence-corrected chi connectivity index (χ2v) is 8.93. The first-order chi connectivity index (χ1) is 14.9. The van der Waals surface area contributed by atoms with Crippen molar-refractivity contribution in [3.63, 3.8) is 0 Å². The molecule has 0 aliphatic carbocycles. The van der Waals surface area contributed by atoms with E-state index in [0.29, 0.717) is 23.2 Å². The Bertz CT molecular complexity index is 1100. The van der Waals surface area contributed by atoms with E-state index in [1.165, 1.54) is 24.3 Å². The van der Waals surface area contributed by atoms with E-state index in [-0.39, 0.29) is 11.3 Å². The third-order valence-corrected chi connectivity index (χ3v) is 5.44. The highest BCUT2D eigenvalue weighted by atomic mass is 32.2. The first-order valence-corrected chi connectivity index (χ1v) is 11.0. The predicted molar refractivity (Wildman–Crippen MR) is 118 cm³/mol. The Kier molecular flexibility index (Phi) is 7.94. The molecular weight excluding hydrogens is 462 g/mol. The van der Waals surface area contributed by atoms with Crippen molar-refractivity contribution < 1.29 is 32.2 Å². The van der Waals surface area contributed by atoms with Crippen LogP contribution in [-0.4, -0.2) is 41.2 Å². The Balaban J connectivity index is 2.28. The zero-order valence-corrected chi connectivity index (χ0v) is 18.8. The summed E-state index contributed by atoms with van der Waals surface area (Å²) in [7, 11) is -4.41. The lowest BCUT2D eigenvalue weighted by Gasteiger charge is -2.17.